The number of aliphatic carboxylic acids is 1. The molecule has 2 aliphatic rings. The number of hydrogen-bond donors (Lipinski definition) is 1. The van der Waals surface area contributed by atoms with E-state index >= 15 is 0 Å². The molecule has 4 nitrogen and oxygen atoms in total. The molecule has 1 heterocycles. The Hall–Kier alpha value is -1.06. The Morgan fingerprint density at radius 1 is 1.22 bits per heavy atom. The van der Waals surface area contributed by atoms with Crippen molar-refractivity contribution in [1.29, 1.82) is 0 Å². The molecule has 4 heteroatoms. The van der Waals surface area contributed by atoms with Gasteiger partial charge in [0, 0.05) is 18.5 Å². The van der Waals surface area contributed by atoms with Crippen molar-refractivity contribution in [3.05, 3.63) is 0 Å². The van der Waals surface area contributed by atoms with Gasteiger partial charge in [-0.15, -0.1) is 0 Å². The first-order valence-corrected chi connectivity index (χ1v) is 6.97. The van der Waals surface area contributed by atoms with Crippen molar-refractivity contribution in [1.82, 2.24) is 4.90 Å². The maximum Gasteiger partial charge on any atom is 0.308 e. The highest BCUT2D eigenvalue weighted by molar-refractivity contribution is 5.82. The first-order chi connectivity index (χ1) is 8.43. The van der Waals surface area contributed by atoms with Crippen molar-refractivity contribution in [2.75, 3.05) is 0 Å². The molecule has 2 rings (SSSR count). The number of amides is 1. The zero-order valence-corrected chi connectivity index (χ0v) is 11.4. The molecule has 18 heavy (non-hydrogen) atoms. The molecule has 1 amide bonds. The molecule has 0 radical (unpaired) electrons. The van der Waals surface area contributed by atoms with E-state index in [2.05, 4.69) is 6.92 Å². The monoisotopic (exact) mass is 253 g/mol. The van der Waals surface area contributed by atoms with Gasteiger partial charge < -0.3 is 10.0 Å². The molecule has 0 aromatic carbocycles. The van der Waals surface area contributed by atoms with E-state index in [9.17, 15) is 14.7 Å². The van der Waals surface area contributed by atoms with Crippen molar-refractivity contribution >= 4 is 11.9 Å². The molecular formula is C14H23NO3. The van der Waals surface area contributed by atoms with Crippen LogP contribution in [0.25, 0.3) is 0 Å². The maximum absolute atomic E-state index is 12.2. The van der Waals surface area contributed by atoms with Crippen LogP contribution in [0.1, 0.15) is 46.5 Å². The summed E-state index contributed by atoms with van der Waals surface area (Å²) in [6, 6.07) is 0.0751. The Kier molecular flexibility index (Phi) is 3.64. The second-order valence-corrected chi connectivity index (χ2v) is 6.06. The summed E-state index contributed by atoms with van der Waals surface area (Å²) in [5.41, 5.74) is 0. The number of rotatable bonds is 2. The van der Waals surface area contributed by atoms with Gasteiger partial charge >= 0.3 is 5.97 Å². The van der Waals surface area contributed by atoms with Crippen LogP contribution in [0.5, 0.6) is 0 Å². The molecule has 2 fully saturated rings. The van der Waals surface area contributed by atoms with E-state index in [4.69, 9.17) is 0 Å². The Balaban J connectivity index is 2.23. The van der Waals surface area contributed by atoms with Gasteiger partial charge in [-0.25, -0.2) is 0 Å². The Morgan fingerprint density at radius 3 is 2.39 bits per heavy atom. The molecule has 1 saturated heterocycles. The Labute approximate surface area is 108 Å². The largest absolute Gasteiger partial charge is 0.481 e. The van der Waals surface area contributed by atoms with Crippen molar-refractivity contribution < 1.29 is 14.7 Å². The highest BCUT2D eigenvalue weighted by Crippen LogP contribution is 2.37. The fourth-order valence-corrected chi connectivity index (χ4v) is 3.86. The van der Waals surface area contributed by atoms with Gasteiger partial charge in [0.05, 0.1) is 5.92 Å². The quantitative estimate of drug-likeness (QED) is 0.820. The summed E-state index contributed by atoms with van der Waals surface area (Å²) in [6.07, 6.45) is 3.70. The average molecular weight is 253 g/mol. The molecular weight excluding hydrogens is 230 g/mol. The number of hydrogen-bond acceptors (Lipinski definition) is 2. The zero-order valence-electron chi connectivity index (χ0n) is 11.4. The average Bonchev–Trinajstić information content (AvgIpc) is 2.63. The molecule has 5 atom stereocenters. The van der Waals surface area contributed by atoms with Gasteiger partial charge in [0.2, 0.25) is 5.91 Å². The van der Waals surface area contributed by atoms with E-state index in [1.165, 1.54) is 0 Å². The molecule has 0 spiro atoms. The van der Waals surface area contributed by atoms with Crippen LogP contribution in [0.4, 0.5) is 0 Å². The van der Waals surface area contributed by atoms with E-state index in [-0.39, 0.29) is 23.9 Å². The molecule has 1 saturated carbocycles. The molecule has 0 aromatic rings. The molecule has 0 bridgehead atoms. The fraction of sp³-hybridized carbons (Fsp3) is 0.857. The standard InChI is InChI=1S/C14H23NO3/c1-8-5-4-6-11(8)15-10(3)13(14(17)18)9(2)7-12(15)16/h8-11,13H,4-7H2,1-3H3,(H,17,18). The lowest BCUT2D eigenvalue weighted by Crippen LogP contribution is -2.57. The number of carbonyl (C=O) groups excluding carboxylic acids is 1. The van der Waals surface area contributed by atoms with Crippen LogP contribution >= 0.6 is 0 Å². The molecule has 5 unspecified atom stereocenters. The van der Waals surface area contributed by atoms with Crippen molar-refractivity contribution in [3.63, 3.8) is 0 Å². The predicted molar refractivity (Wildman–Crippen MR) is 68.0 cm³/mol. The van der Waals surface area contributed by atoms with Gasteiger partial charge in [-0.2, -0.15) is 0 Å². The van der Waals surface area contributed by atoms with Crippen LogP contribution in [0.3, 0.4) is 0 Å². The summed E-state index contributed by atoms with van der Waals surface area (Å²) in [4.78, 5) is 25.5. The number of carbonyl (C=O) groups is 2. The lowest BCUT2D eigenvalue weighted by molar-refractivity contribution is -0.157. The second-order valence-electron chi connectivity index (χ2n) is 6.06. The minimum atomic E-state index is -0.766. The van der Waals surface area contributed by atoms with Gasteiger partial charge in [-0.3, -0.25) is 9.59 Å². The predicted octanol–water partition coefficient (Wildman–Crippen LogP) is 2.13. The first-order valence-electron chi connectivity index (χ1n) is 6.97. The number of nitrogens with zero attached hydrogens (tertiary/aromatic N) is 1. The third-order valence-electron chi connectivity index (χ3n) is 4.81. The number of likely N-dealkylation sites (tertiary alicyclic amines) is 1. The number of carboxylic acid groups (broad SMARTS) is 1. The van der Waals surface area contributed by atoms with Crippen LogP contribution in [0.15, 0.2) is 0 Å². The van der Waals surface area contributed by atoms with E-state index in [1.54, 1.807) is 0 Å². The highest BCUT2D eigenvalue weighted by atomic mass is 16.4. The topological polar surface area (TPSA) is 57.6 Å². The highest BCUT2D eigenvalue weighted by Gasteiger charge is 2.45. The van der Waals surface area contributed by atoms with Gasteiger partial charge in [-0.05, 0) is 31.6 Å². The normalized spacial score (nSPS) is 41.2. The minimum Gasteiger partial charge on any atom is -0.481 e. The smallest absolute Gasteiger partial charge is 0.308 e. The van der Waals surface area contributed by atoms with E-state index in [0.717, 1.165) is 19.3 Å². The summed E-state index contributed by atoms with van der Waals surface area (Å²) in [5.74, 6) is -0.600. The lowest BCUT2D eigenvalue weighted by atomic mass is 9.79. The van der Waals surface area contributed by atoms with Crippen LogP contribution in [-0.4, -0.2) is 34.0 Å². The SMILES string of the molecule is CC1CC(=O)N(C2CCCC2C)C(C)C1C(=O)O. The van der Waals surface area contributed by atoms with E-state index < -0.39 is 11.9 Å². The molecule has 1 N–H and O–H groups in total. The van der Waals surface area contributed by atoms with Gasteiger partial charge in [0.1, 0.15) is 0 Å². The summed E-state index contributed by atoms with van der Waals surface area (Å²) < 4.78 is 0. The third-order valence-corrected chi connectivity index (χ3v) is 4.81. The summed E-state index contributed by atoms with van der Waals surface area (Å²) in [7, 11) is 0. The van der Waals surface area contributed by atoms with Crippen molar-refractivity contribution in [2.45, 2.75) is 58.5 Å². The van der Waals surface area contributed by atoms with Gasteiger partial charge in [0.15, 0.2) is 0 Å². The van der Waals surface area contributed by atoms with Crippen molar-refractivity contribution in [3.8, 4) is 0 Å². The van der Waals surface area contributed by atoms with Crippen LogP contribution in [-0.2, 0) is 9.59 Å². The Morgan fingerprint density at radius 2 is 1.89 bits per heavy atom. The van der Waals surface area contributed by atoms with Gasteiger partial charge in [0.25, 0.3) is 0 Å². The first kappa shape index (κ1) is 13.4. The summed E-state index contributed by atoms with van der Waals surface area (Å²) in [5, 5.41) is 9.35. The lowest BCUT2D eigenvalue weighted by Gasteiger charge is -2.45. The third kappa shape index (κ3) is 2.13. The molecule has 0 aromatic heterocycles. The number of piperidine rings is 1. The van der Waals surface area contributed by atoms with Crippen LogP contribution < -0.4 is 0 Å². The van der Waals surface area contributed by atoms with E-state index in [0.29, 0.717) is 12.3 Å². The van der Waals surface area contributed by atoms with Crippen molar-refractivity contribution in [2.24, 2.45) is 17.8 Å². The van der Waals surface area contributed by atoms with Gasteiger partial charge in [-0.1, -0.05) is 20.3 Å². The Bertz CT molecular complexity index is 355. The molecule has 1 aliphatic carbocycles. The zero-order chi connectivity index (χ0) is 13.4. The number of carboxylic acids is 1. The molecule has 102 valence electrons. The maximum atomic E-state index is 12.2. The summed E-state index contributed by atoms with van der Waals surface area (Å²) >= 11 is 0. The van der Waals surface area contributed by atoms with Crippen LogP contribution in [0, 0.1) is 17.8 Å². The van der Waals surface area contributed by atoms with Crippen LogP contribution in [0.2, 0.25) is 0 Å². The summed E-state index contributed by atoms with van der Waals surface area (Å²) in [6.45, 7) is 5.95. The minimum absolute atomic E-state index is 0.0574. The fourth-order valence-electron chi connectivity index (χ4n) is 3.86. The molecule has 1 aliphatic heterocycles. The van der Waals surface area contributed by atoms with E-state index in [1.807, 2.05) is 18.7 Å². The second kappa shape index (κ2) is 4.90.